The second kappa shape index (κ2) is 8.83. The van der Waals surface area contributed by atoms with Gasteiger partial charge in [-0.15, -0.1) is 0 Å². The number of hydrogen-bond donors (Lipinski definition) is 1. The van der Waals surface area contributed by atoms with Crippen molar-refractivity contribution in [2.24, 2.45) is 11.8 Å². The summed E-state index contributed by atoms with van der Waals surface area (Å²) in [6.07, 6.45) is 0.815. The van der Waals surface area contributed by atoms with Gasteiger partial charge in [0.15, 0.2) is 0 Å². The van der Waals surface area contributed by atoms with Gasteiger partial charge >= 0.3 is 12.1 Å². The smallest absolute Gasteiger partial charge is 0.417 e. The van der Waals surface area contributed by atoms with Crippen LogP contribution in [0.1, 0.15) is 58.1 Å². The normalized spacial score (nSPS) is 22.0. The minimum absolute atomic E-state index is 0.215. The first-order valence-electron chi connectivity index (χ1n) is 9.15. The number of carbonyl (C=O) groups excluding carboxylic acids is 2. The van der Waals surface area contributed by atoms with Crippen molar-refractivity contribution in [3.05, 3.63) is 35.9 Å². The van der Waals surface area contributed by atoms with Crippen molar-refractivity contribution in [2.45, 2.75) is 58.6 Å². The number of nitrogens with zero attached hydrogens (tertiary/aromatic N) is 1. The molecule has 1 aliphatic rings. The fraction of sp³-hybridized carbons (Fsp3) is 0.550. The summed E-state index contributed by atoms with van der Waals surface area (Å²) in [5, 5.41) is 9.19. The van der Waals surface area contributed by atoms with Gasteiger partial charge in [-0.2, -0.15) is 0 Å². The molecule has 0 aliphatic carbocycles. The maximum absolute atomic E-state index is 13.0. The summed E-state index contributed by atoms with van der Waals surface area (Å²) in [5.41, 5.74) is 0.817. The predicted octanol–water partition coefficient (Wildman–Crippen LogP) is 4.01. The quantitative estimate of drug-likeness (QED) is 0.756. The summed E-state index contributed by atoms with van der Waals surface area (Å²) in [4.78, 5) is 37.7. The van der Waals surface area contributed by atoms with E-state index >= 15 is 0 Å². The Labute approximate surface area is 154 Å². The van der Waals surface area contributed by atoms with E-state index in [1.165, 1.54) is 0 Å². The highest BCUT2D eigenvalue weighted by Gasteiger charge is 2.45. The van der Waals surface area contributed by atoms with E-state index < -0.39 is 36.0 Å². The van der Waals surface area contributed by atoms with E-state index in [4.69, 9.17) is 4.74 Å². The van der Waals surface area contributed by atoms with E-state index in [1.54, 1.807) is 6.92 Å². The van der Waals surface area contributed by atoms with Crippen LogP contribution in [0.25, 0.3) is 0 Å². The Morgan fingerprint density at radius 2 is 1.92 bits per heavy atom. The number of aliphatic carboxylic acids is 1. The van der Waals surface area contributed by atoms with Crippen LogP contribution in [0.4, 0.5) is 4.79 Å². The number of carboxylic acids is 1. The van der Waals surface area contributed by atoms with Gasteiger partial charge in [-0.3, -0.25) is 9.59 Å². The number of carbonyl (C=O) groups is 3. The summed E-state index contributed by atoms with van der Waals surface area (Å²) in [6.45, 7) is 5.81. The minimum atomic E-state index is -1.04. The second-order valence-corrected chi connectivity index (χ2v) is 7.09. The number of amides is 2. The lowest BCUT2D eigenvalue weighted by atomic mass is 9.89. The van der Waals surface area contributed by atoms with Crippen LogP contribution >= 0.6 is 0 Å². The molecule has 142 valence electrons. The number of benzene rings is 1. The van der Waals surface area contributed by atoms with Crippen LogP contribution in [-0.2, 0) is 14.3 Å². The zero-order chi connectivity index (χ0) is 19.3. The van der Waals surface area contributed by atoms with Crippen molar-refractivity contribution in [3.8, 4) is 0 Å². The van der Waals surface area contributed by atoms with Gasteiger partial charge in [0.05, 0.1) is 12.5 Å². The summed E-state index contributed by atoms with van der Waals surface area (Å²) < 4.78 is 5.42. The number of rotatable bonds is 8. The van der Waals surface area contributed by atoms with Crippen molar-refractivity contribution in [3.63, 3.8) is 0 Å². The predicted molar refractivity (Wildman–Crippen MR) is 96.4 cm³/mol. The fourth-order valence-corrected chi connectivity index (χ4v) is 3.62. The summed E-state index contributed by atoms with van der Waals surface area (Å²) in [7, 11) is 0. The van der Waals surface area contributed by atoms with E-state index in [2.05, 4.69) is 6.92 Å². The first-order chi connectivity index (χ1) is 12.3. The van der Waals surface area contributed by atoms with Crippen LogP contribution in [0, 0.1) is 11.8 Å². The minimum Gasteiger partial charge on any atom is -0.481 e. The number of carboxylic acid groups (broad SMARTS) is 1. The third-order valence-corrected chi connectivity index (χ3v) is 4.87. The zero-order valence-electron chi connectivity index (χ0n) is 15.6. The Morgan fingerprint density at radius 3 is 2.50 bits per heavy atom. The largest absolute Gasteiger partial charge is 0.481 e. The Hall–Kier alpha value is -2.37. The third-order valence-electron chi connectivity index (χ3n) is 4.87. The molecule has 26 heavy (non-hydrogen) atoms. The lowest BCUT2D eigenvalue weighted by Crippen LogP contribution is -2.42. The lowest BCUT2D eigenvalue weighted by molar-refractivity contribution is -0.144. The monoisotopic (exact) mass is 361 g/mol. The molecule has 2 rings (SSSR count). The molecule has 1 fully saturated rings. The molecule has 0 bridgehead atoms. The summed E-state index contributed by atoms with van der Waals surface area (Å²) in [5.74, 6) is -2.00. The molecule has 1 aromatic rings. The van der Waals surface area contributed by atoms with E-state index in [1.807, 2.05) is 37.3 Å². The molecule has 6 heteroatoms. The molecule has 1 saturated heterocycles. The molecule has 0 saturated carbocycles. The number of cyclic esters (lactones) is 1. The van der Waals surface area contributed by atoms with Crippen LogP contribution in [0.2, 0.25) is 0 Å². The van der Waals surface area contributed by atoms with Crippen molar-refractivity contribution in [1.29, 1.82) is 0 Å². The van der Waals surface area contributed by atoms with Gasteiger partial charge < -0.3 is 9.84 Å². The van der Waals surface area contributed by atoms with Crippen molar-refractivity contribution >= 4 is 18.0 Å². The van der Waals surface area contributed by atoms with Crippen molar-refractivity contribution < 1.29 is 24.2 Å². The Bertz CT molecular complexity index is 645. The molecule has 2 amide bonds. The van der Waals surface area contributed by atoms with Gasteiger partial charge in [0.2, 0.25) is 5.91 Å². The highest BCUT2D eigenvalue weighted by atomic mass is 16.6. The van der Waals surface area contributed by atoms with Gasteiger partial charge in [0, 0.05) is 5.92 Å². The molecule has 0 radical (unpaired) electrons. The number of hydrogen-bond acceptors (Lipinski definition) is 4. The molecule has 1 unspecified atom stereocenters. The van der Waals surface area contributed by atoms with Gasteiger partial charge in [-0.1, -0.05) is 57.0 Å². The first-order valence-corrected chi connectivity index (χ1v) is 9.15. The van der Waals surface area contributed by atoms with Crippen molar-refractivity contribution in [2.75, 3.05) is 0 Å². The topological polar surface area (TPSA) is 83.9 Å². The van der Waals surface area contributed by atoms with E-state index in [-0.39, 0.29) is 12.3 Å². The Balaban J connectivity index is 2.18. The third kappa shape index (κ3) is 4.62. The lowest BCUT2D eigenvalue weighted by Gasteiger charge is -2.25. The molecule has 1 heterocycles. The summed E-state index contributed by atoms with van der Waals surface area (Å²) in [6, 6.07) is 8.78. The van der Waals surface area contributed by atoms with Crippen LogP contribution in [0.15, 0.2) is 30.3 Å². The Kier molecular flexibility index (Phi) is 6.77. The maximum Gasteiger partial charge on any atom is 0.417 e. The van der Waals surface area contributed by atoms with Gasteiger partial charge in [-0.05, 0) is 24.8 Å². The molecular weight excluding hydrogens is 334 g/mol. The maximum atomic E-state index is 13.0. The molecule has 1 aromatic carbocycles. The second-order valence-electron chi connectivity index (χ2n) is 7.09. The molecule has 1 N–H and O–H groups in total. The molecule has 4 atom stereocenters. The molecular formula is C20H27NO5. The number of imide groups is 1. The zero-order valence-corrected chi connectivity index (χ0v) is 15.6. The Morgan fingerprint density at radius 1 is 1.27 bits per heavy atom. The van der Waals surface area contributed by atoms with Gasteiger partial charge in [0.1, 0.15) is 6.10 Å². The molecule has 6 nitrogen and oxygen atoms in total. The van der Waals surface area contributed by atoms with Gasteiger partial charge in [-0.25, -0.2) is 9.69 Å². The van der Waals surface area contributed by atoms with E-state index in [9.17, 15) is 19.5 Å². The van der Waals surface area contributed by atoms with Gasteiger partial charge in [0.25, 0.3) is 0 Å². The fourth-order valence-electron chi connectivity index (χ4n) is 3.62. The first kappa shape index (κ1) is 19.9. The van der Waals surface area contributed by atoms with E-state index in [0.717, 1.165) is 23.3 Å². The molecule has 0 aromatic heterocycles. The SMILES string of the molecule is CCCC(C)C[C@@H](CC(=O)O)C(=O)N1C(=O)O[C@@H](c2ccccc2)[C@H]1C. The van der Waals surface area contributed by atoms with Crippen LogP contribution in [-0.4, -0.2) is 34.0 Å². The standard InChI is InChI=1S/C20H27NO5/c1-4-8-13(2)11-16(12-17(22)23)19(24)21-14(3)18(26-20(21)25)15-9-6-5-7-10-15/h5-7,9-10,13-14,16,18H,4,8,11-12H2,1-3H3,(H,22,23)/t13?,14-,16+,18-/m1/s1. The molecule has 1 aliphatic heterocycles. The number of ether oxygens (including phenoxy) is 1. The van der Waals surface area contributed by atoms with Crippen LogP contribution in [0.3, 0.4) is 0 Å². The van der Waals surface area contributed by atoms with Crippen LogP contribution in [0.5, 0.6) is 0 Å². The highest BCUT2D eigenvalue weighted by molar-refractivity contribution is 5.96. The van der Waals surface area contributed by atoms with Crippen LogP contribution < -0.4 is 0 Å². The average Bonchev–Trinajstić information content (AvgIpc) is 2.89. The summed E-state index contributed by atoms with van der Waals surface area (Å²) >= 11 is 0. The van der Waals surface area contributed by atoms with E-state index in [0.29, 0.717) is 6.42 Å². The highest BCUT2D eigenvalue weighted by Crippen LogP contribution is 2.34. The molecule has 0 spiro atoms. The van der Waals surface area contributed by atoms with Crippen molar-refractivity contribution in [1.82, 2.24) is 4.90 Å². The average molecular weight is 361 g/mol.